The van der Waals surface area contributed by atoms with Gasteiger partial charge in [0.05, 0.1) is 13.0 Å². The second kappa shape index (κ2) is 11.2. The second-order valence-corrected chi connectivity index (χ2v) is 7.88. The van der Waals surface area contributed by atoms with Crippen LogP contribution in [0.4, 0.5) is 0 Å². The Bertz CT molecular complexity index is 1260. The average Bonchev–Trinajstić information content (AvgIpc) is 3.24. The molecule has 0 atom stereocenters. The molecule has 0 amide bonds. The van der Waals surface area contributed by atoms with Crippen LogP contribution in [-0.2, 0) is 24.4 Å². The molecule has 1 N–H and O–H groups in total. The molecule has 0 fully saturated rings. The highest BCUT2D eigenvalue weighted by molar-refractivity contribution is 5.71. The fraction of sp³-hybridized carbons (Fsp3) is 0.214. The molecule has 1 aromatic heterocycles. The lowest BCUT2D eigenvalue weighted by Crippen LogP contribution is -2.05. The summed E-state index contributed by atoms with van der Waals surface area (Å²) >= 11 is 0. The summed E-state index contributed by atoms with van der Waals surface area (Å²) < 4.78 is 23.1. The highest BCUT2D eigenvalue weighted by Gasteiger charge is 2.13. The first kappa shape index (κ1) is 23.9. The summed E-state index contributed by atoms with van der Waals surface area (Å²) in [7, 11) is 0. The standard InChI is InChI=1S/C28H27NO6/c1-3-32-24-13-14-26(22(15-24)16-27(30)31)34-17-20-9-11-23(12-10-20)33-18-25-19(2)35-28(29-25)21-7-5-4-6-8-21/h4-15H,3,16-18H2,1-2H3,(H,30,31). The molecule has 7 heteroatoms. The van der Waals surface area contributed by atoms with Crippen molar-refractivity contribution in [3.8, 4) is 28.7 Å². The van der Waals surface area contributed by atoms with E-state index < -0.39 is 5.97 Å². The smallest absolute Gasteiger partial charge is 0.307 e. The molecule has 0 unspecified atom stereocenters. The largest absolute Gasteiger partial charge is 0.494 e. The first-order valence-corrected chi connectivity index (χ1v) is 11.4. The molecule has 4 aromatic rings. The highest BCUT2D eigenvalue weighted by Crippen LogP contribution is 2.27. The molecule has 0 aliphatic rings. The van der Waals surface area contributed by atoms with E-state index in [-0.39, 0.29) is 6.42 Å². The first-order chi connectivity index (χ1) is 17.0. The molecule has 180 valence electrons. The van der Waals surface area contributed by atoms with Gasteiger partial charge in [-0.3, -0.25) is 4.79 Å². The topological polar surface area (TPSA) is 91.0 Å². The number of nitrogens with zero attached hydrogens (tertiary/aromatic N) is 1. The molecule has 0 aliphatic heterocycles. The molecule has 0 saturated heterocycles. The third-order valence-electron chi connectivity index (χ3n) is 5.29. The van der Waals surface area contributed by atoms with Crippen LogP contribution >= 0.6 is 0 Å². The fourth-order valence-corrected chi connectivity index (χ4v) is 3.51. The monoisotopic (exact) mass is 473 g/mol. The van der Waals surface area contributed by atoms with Crippen LogP contribution in [0.3, 0.4) is 0 Å². The Morgan fingerprint density at radius 1 is 0.914 bits per heavy atom. The minimum atomic E-state index is -0.928. The van der Waals surface area contributed by atoms with Crippen molar-refractivity contribution in [1.82, 2.24) is 4.98 Å². The number of carbonyl (C=O) groups is 1. The molecule has 4 rings (SSSR count). The van der Waals surface area contributed by atoms with Gasteiger partial charge in [0.1, 0.15) is 41.9 Å². The molecule has 35 heavy (non-hydrogen) atoms. The van der Waals surface area contributed by atoms with Gasteiger partial charge in [-0.15, -0.1) is 0 Å². The molecular weight excluding hydrogens is 446 g/mol. The van der Waals surface area contributed by atoms with Gasteiger partial charge < -0.3 is 23.7 Å². The maximum atomic E-state index is 11.2. The van der Waals surface area contributed by atoms with Crippen LogP contribution in [0.15, 0.2) is 77.2 Å². The van der Waals surface area contributed by atoms with Crippen LogP contribution in [0.2, 0.25) is 0 Å². The normalized spacial score (nSPS) is 10.7. The van der Waals surface area contributed by atoms with Gasteiger partial charge in [0, 0.05) is 11.1 Å². The third kappa shape index (κ3) is 6.41. The number of aliphatic carboxylic acids is 1. The Kier molecular flexibility index (Phi) is 7.67. The van der Waals surface area contributed by atoms with Crippen LogP contribution in [0, 0.1) is 6.92 Å². The van der Waals surface area contributed by atoms with Crippen molar-refractivity contribution in [1.29, 1.82) is 0 Å². The quantitative estimate of drug-likeness (QED) is 0.293. The zero-order valence-electron chi connectivity index (χ0n) is 19.7. The summed E-state index contributed by atoms with van der Waals surface area (Å²) in [6.45, 7) is 4.85. The maximum absolute atomic E-state index is 11.2. The second-order valence-electron chi connectivity index (χ2n) is 7.88. The molecule has 0 spiro atoms. The lowest BCUT2D eigenvalue weighted by Gasteiger charge is -2.13. The van der Waals surface area contributed by atoms with Gasteiger partial charge in [-0.05, 0) is 61.9 Å². The Morgan fingerprint density at radius 3 is 2.37 bits per heavy atom. The van der Waals surface area contributed by atoms with Crippen molar-refractivity contribution in [2.75, 3.05) is 6.61 Å². The summed E-state index contributed by atoms with van der Waals surface area (Å²) in [6.07, 6.45) is -0.142. The molecule has 7 nitrogen and oxygen atoms in total. The number of carboxylic acids is 1. The van der Waals surface area contributed by atoms with Crippen LogP contribution in [0.1, 0.15) is 29.5 Å². The van der Waals surface area contributed by atoms with Gasteiger partial charge >= 0.3 is 5.97 Å². The Balaban J connectivity index is 1.35. The van der Waals surface area contributed by atoms with Crippen LogP contribution in [0.25, 0.3) is 11.5 Å². The van der Waals surface area contributed by atoms with E-state index in [2.05, 4.69) is 4.98 Å². The van der Waals surface area contributed by atoms with Gasteiger partial charge in [-0.25, -0.2) is 4.98 Å². The van der Waals surface area contributed by atoms with Crippen LogP contribution in [-0.4, -0.2) is 22.7 Å². The van der Waals surface area contributed by atoms with Crippen molar-refractivity contribution in [3.05, 3.63) is 95.4 Å². The van der Waals surface area contributed by atoms with Crippen molar-refractivity contribution in [2.24, 2.45) is 0 Å². The maximum Gasteiger partial charge on any atom is 0.307 e. The zero-order valence-corrected chi connectivity index (χ0v) is 19.7. The average molecular weight is 474 g/mol. The molecule has 1 heterocycles. The van der Waals surface area contributed by atoms with E-state index in [0.29, 0.717) is 48.5 Å². The number of aryl methyl sites for hydroxylation is 1. The minimum absolute atomic E-state index is 0.142. The number of carboxylic acid groups (broad SMARTS) is 1. The summed E-state index contributed by atoms with van der Waals surface area (Å²) in [6, 6.07) is 22.5. The molecule has 3 aromatic carbocycles. The van der Waals surface area contributed by atoms with E-state index in [4.69, 9.17) is 18.6 Å². The first-order valence-electron chi connectivity index (χ1n) is 11.4. The Labute approximate surface area is 203 Å². The van der Waals surface area contributed by atoms with Gasteiger partial charge in [-0.1, -0.05) is 30.3 Å². The predicted molar refractivity (Wildman–Crippen MR) is 131 cm³/mol. The van der Waals surface area contributed by atoms with Crippen LogP contribution < -0.4 is 14.2 Å². The van der Waals surface area contributed by atoms with Gasteiger partial charge in [-0.2, -0.15) is 0 Å². The lowest BCUT2D eigenvalue weighted by atomic mass is 10.1. The third-order valence-corrected chi connectivity index (χ3v) is 5.29. The van der Waals surface area contributed by atoms with Crippen molar-refractivity contribution in [3.63, 3.8) is 0 Å². The summed E-state index contributed by atoms with van der Waals surface area (Å²) in [5.74, 6) is 2.21. The SMILES string of the molecule is CCOc1ccc(OCc2ccc(OCc3nc(-c4ccccc4)oc3C)cc2)c(CC(=O)O)c1. The number of hydrogen-bond donors (Lipinski definition) is 1. The lowest BCUT2D eigenvalue weighted by molar-refractivity contribution is -0.136. The Morgan fingerprint density at radius 2 is 1.66 bits per heavy atom. The van der Waals surface area contributed by atoms with Crippen molar-refractivity contribution < 1.29 is 28.5 Å². The summed E-state index contributed by atoms with van der Waals surface area (Å²) in [4.78, 5) is 15.8. The minimum Gasteiger partial charge on any atom is -0.494 e. The number of benzene rings is 3. The summed E-state index contributed by atoms with van der Waals surface area (Å²) in [5.41, 5.74) is 3.17. The zero-order chi connectivity index (χ0) is 24.6. The number of rotatable bonds is 11. The van der Waals surface area contributed by atoms with Gasteiger partial charge in [0.2, 0.25) is 5.89 Å². The van der Waals surface area contributed by atoms with Crippen molar-refractivity contribution in [2.45, 2.75) is 33.5 Å². The van der Waals surface area contributed by atoms with E-state index in [1.807, 2.05) is 68.4 Å². The number of hydrogen-bond acceptors (Lipinski definition) is 6. The molecule has 0 aliphatic carbocycles. The molecule has 0 bridgehead atoms. The number of oxazole rings is 1. The van der Waals surface area contributed by atoms with Crippen LogP contribution in [0.5, 0.6) is 17.2 Å². The Hall–Kier alpha value is -4.26. The summed E-state index contributed by atoms with van der Waals surface area (Å²) in [5, 5.41) is 9.22. The fourth-order valence-electron chi connectivity index (χ4n) is 3.51. The highest BCUT2D eigenvalue weighted by atomic mass is 16.5. The molecule has 0 saturated carbocycles. The number of ether oxygens (including phenoxy) is 3. The van der Waals surface area contributed by atoms with Crippen molar-refractivity contribution >= 4 is 5.97 Å². The molecule has 0 radical (unpaired) electrons. The van der Waals surface area contributed by atoms with E-state index in [1.165, 1.54) is 0 Å². The van der Waals surface area contributed by atoms with E-state index in [1.54, 1.807) is 18.2 Å². The molecular formula is C28H27NO6. The van der Waals surface area contributed by atoms with Gasteiger partial charge in [0.25, 0.3) is 0 Å². The van der Waals surface area contributed by atoms with Gasteiger partial charge in [0.15, 0.2) is 0 Å². The van der Waals surface area contributed by atoms with E-state index in [9.17, 15) is 9.90 Å². The predicted octanol–water partition coefficient (Wildman–Crippen LogP) is 5.83. The number of aromatic nitrogens is 1. The van der Waals surface area contributed by atoms with E-state index >= 15 is 0 Å². The van der Waals surface area contributed by atoms with E-state index in [0.717, 1.165) is 22.6 Å².